The quantitative estimate of drug-likeness (QED) is 0.475. The summed E-state index contributed by atoms with van der Waals surface area (Å²) in [5.41, 5.74) is 0.498. The van der Waals surface area contributed by atoms with Crippen LogP contribution in [0.1, 0.15) is 30.1 Å². The number of carbonyl (C=O) groups excluding carboxylic acids is 2. The summed E-state index contributed by atoms with van der Waals surface area (Å²) < 4.78 is 10.8. The van der Waals surface area contributed by atoms with Gasteiger partial charge in [0.2, 0.25) is 0 Å². The van der Waals surface area contributed by atoms with Gasteiger partial charge < -0.3 is 9.47 Å². The molecule has 4 heteroatoms. The van der Waals surface area contributed by atoms with Crippen molar-refractivity contribution in [1.29, 1.82) is 0 Å². The summed E-state index contributed by atoms with van der Waals surface area (Å²) in [5.74, 6) is -0.188. The molecule has 0 radical (unpaired) electrons. The van der Waals surface area contributed by atoms with E-state index in [1.54, 1.807) is 37.3 Å². The van der Waals surface area contributed by atoms with Gasteiger partial charge in [-0.1, -0.05) is 54.6 Å². The maximum Gasteiger partial charge on any atom is 0.338 e. The molecule has 26 heavy (non-hydrogen) atoms. The number of carbonyl (C=O) groups is 2. The first-order chi connectivity index (χ1) is 12.6. The zero-order chi connectivity index (χ0) is 18.4. The molecule has 1 atom stereocenters. The highest BCUT2D eigenvalue weighted by atomic mass is 16.5. The molecule has 0 aliphatic carbocycles. The van der Waals surface area contributed by atoms with E-state index in [-0.39, 0.29) is 24.5 Å². The van der Waals surface area contributed by atoms with E-state index in [0.717, 1.165) is 10.8 Å². The smallest absolute Gasteiger partial charge is 0.338 e. The number of ether oxygens (including phenoxy) is 2. The van der Waals surface area contributed by atoms with Gasteiger partial charge in [0, 0.05) is 11.8 Å². The van der Waals surface area contributed by atoms with Crippen LogP contribution in [0.15, 0.2) is 72.8 Å². The Labute approximate surface area is 152 Å². The van der Waals surface area contributed by atoms with Crippen LogP contribution in [0.2, 0.25) is 0 Å². The molecule has 1 unspecified atom stereocenters. The van der Waals surface area contributed by atoms with E-state index in [1.807, 2.05) is 42.5 Å². The second-order valence-electron chi connectivity index (χ2n) is 6.07. The van der Waals surface area contributed by atoms with Crippen molar-refractivity contribution in [2.24, 2.45) is 0 Å². The van der Waals surface area contributed by atoms with Crippen molar-refractivity contribution in [2.75, 3.05) is 0 Å². The molecule has 3 aromatic rings. The van der Waals surface area contributed by atoms with Crippen LogP contribution in [-0.4, -0.2) is 18.0 Å². The molecule has 0 aliphatic rings. The molecule has 0 bridgehead atoms. The Kier molecular flexibility index (Phi) is 5.64. The maximum absolute atomic E-state index is 12.2. The van der Waals surface area contributed by atoms with Gasteiger partial charge in [0.05, 0.1) is 11.7 Å². The average molecular weight is 348 g/mol. The molecular weight excluding hydrogens is 328 g/mol. The third kappa shape index (κ3) is 4.48. The Hall–Kier alpha value is -3.14. The lowest BCUT2D eigenvalue weighted by Gasteiger charge is -2.13. The summed E-state index contributed by atoms with van der Waals surface area (Å²) in [4.78, 5) is 24.2. The van der Waals surface area contributed by atoms with E-state index >= 15 is 0 Å². The fourth-order valence-electron chi connectivity index (χ4n) is 2.66. The molecule has 0 aliphatic heterocycles. The predicted molar refractivity (Wildman–Crippen MR) is 100 cm³/mol. The van der Waals surface area contributed by atoms with Crippen molar-refractivity contribution in [3.8, 4) is 5.75 Å². The summed E-state index contributed by atoms with van der Waals surface area (Å²) >= 11 is 0. The van der Waals surface area contributed by atoms with E-state index in [1.165, 1.54) is 0 Å². The molecular formula is C22H20O4. The lowest BCUT2D eigenvalue weighted by Crippen LogP contribution is -2.18. The van der Waals surface area contributed by atoms with Crippen LogP contribution in [0.4, 0.5) is 0 Å². The van der Waals surface area contributed by atoms with E-state index in [0.29, 0.717) is 17.7 Å². The van der Waals surface area contributed by atoms with Gasteiger partial charge in [-0.3, -0.25) is 4.79 Å². The highest BCUT2D eigenvalue weighted by Gasteiger charge is 2.14. The Morgan fingerprint density at radius 2 is 1.58 bits per heavy atom. The van der Waals surface area contributed by atoms with Crippen LogP contribution in [0, 0.1) is 0 Å². The number of fused-ring (bicyclic) bond motifs is 1. The van der Waals surface area contributed by atoms with Gasteiger partial charge in [-0.2, -0.15) is 0 Å². The first-order valence-electron chi connectivity index (χ1n) is 8.58. The summed E-state index contributed by atoms with van der Waals surface area (Å²) in [6.07, 6.45) is 0.206. The van der Waals surface area contributed by atoms with Crippen molar-refractivity contribution in [2.45, 2.75) is 25.9 Å². The topological polar surface area (TPSA) is 52.6 Å². The molecule has 0 amide bonds. The van der Waals surface area contributed by atoms with Gasteiger partial charge in [-0.15, -0.1) is 0 Å². The third-order valence-electron chi connectivity index (χ3n) is 4.05. The number of esters is 2. The molecule has 3 rings (SSSR count). The van der Waals surface area contributed by atoms with Crippen LogP contribution in [0.5, 0.6) is 5.75 Å². The number of rotatable bonds is 6. The monoisotopic (exact) mass is 348 g/mol. The minimum atomic E-state index is -0.388. The Morgan fingerprint density at radius 3 is 2.38 bits per heavy atom. The van der Waals surface area contributed by atoms with Gasteiger partial charge >= 0.3 is 11.9 Å². The minimum absolute atomic E-state index is 0.173. The second kappa shape index (κ2) is 8.30. The van der Waals surface area contributed by atoms with Crippen molar-refractivity contribution < 1.29 is 19.1 Å². The average Bonchev–Trinajstić information content (AvgIpc) is 2.67. The number of hydrogen-bond donors (Lipinski definition) is 0. The lowest BCUT2D eigenvalue weighted by molar-refractivity contribution is -0.134. The zero-order valence-corrected chi connectivity index (χ0v) is 14.6. The van der Waals surface area contributed by atoms with E-state index in [2.05, 4.69) is 0 Å². The molecule has 0 fully saturated rings. The molecule has 132 valence electrons. The van der Waals surface area contributed by atoms with Gasteiger partial charge in [0.25, 0.3) is 0 Å². The van der Waals surface area contributed by atoms with Crippen LogP contribution in [-0.2, 0) is 9.53 Å². The number of benzene rings is 3. The maximum atomic E-state index is 12.2. The minimum Gasteiger partial charge on any atom is -0.459 e. The van der Waals surface area contributed by atoms with Gasteiger partial charge in [0.15, 0.2) is 0 Å². The highest BCUT2D eigenvalue weighted by Crippen LogP contribution is 2.25. The van der Waals surface area contributed by atoms with Crippen molar-refractivity contribution in [3.63, 3.8) is 0 Å². The molecule has 0 saturated carbocycles. The summed E-state index contributed by atoms with van der Waals surface area (Å²) in [6.45, 7) is 1.77. The van der Waals surface area contributed by atoms with Crippen LogP contribution >= 0.6 is 0 Å². The Balaban J connectivity index is 1.53. The van der Waals surface area contributed by atoms with E-state index in [4.69, 9.17) is 9.47 Å². The lowest BCUT2D eigenvalue weighted by atomic mass is 10.1. The zero-order valence-electron chi connectivity index (χ0n) is 14.6. The Bertz CT molecular complexity index is 897. The summed E-state index contributed by atoms with van der Waals surface area (Å²) in [7, 11) is 0. The fraction of sp³-hybridized carbons (Fsp3) is 0.182. The molecule has 4 nitrogen and oxygen atoms in total. The van der Waals surface area contributed by atoms with Gasteiger partial charge in [0.1, 0.15) is 5.75 Å². The SMILES string of the molecule is CC(CCC(=O)Oc1cccc2ccccc12)OC(=O)c1ccccc1. The van der Waals surface area contributed by atoms with Crippen molar-refractivity contribution in [1.82, 2.24) is 0 Å². The van der Waals surface area contributed by atoms with Gasteiger partial charge in [-0.05, 0) is 36.9 Å². The first kappa shape index (κ1) is 17.7. The first-order valence-corrected chi connectivity index (χ1v) is 8.58. The van der Waals surface area contributed by atoms with Crippen LogP contribution in [0.25, 0.3) is 10.8 Å². The van der Waals surface area contributed by atoms with Crippen molar-refractivity contribution >= 4 is 22.7 Å². The van der Waals surface area contributed by atoms with E-state index in [9.17, 15) is 9.59 Å². The molecule has 3 aromatic carbocycles. The summed E-state index contributed by atoms with van der Waals surface area (Å²) in [5, 5.41) is 1.91. The largest absolute Gasteiger partial charge is 0.459 e. The molecule has 0 N–H and O–H groups in total. The Morgan fingerprint density at radius 1 is 0.885 bits per heavy atom. The van der Waals surface area contributed by atoms with Gasteiger partial charge in [-0.25, -0.2) is 4.79 Å². The second-order valence-corrected chi connectivity index (χ2v) is 6.07. The summed E-state index contributed by atoms with van der Waals surface area (Å²) in [6, 6.07) is 22.1. The molecule has 0 aromatic heterocycles. The predicted octanol–water partition coefficient (Wildman–Crippen LogP) is 4.77. The van der Waals surface area contributed by atoms with Crippen LogP contribution in [0.3, 0.4) is 0 Å². The van der Waals surface area contributed by atoms with E-state index < -0.39 is 0 Å². The molecule has 0 spiro atoms. The molecule has 0 saturated heterocycles. The standard InChI is InChI=1S/C22H20O4/c1-16(25-22(24)18-9-3-2-4-10-18)14-15-21(23)26-20-13-7-11-17-8-5-6-12-19(17)20/h2-13,16H,14-15H2,1H3. The van der Waals surface area contributed by atoms with Crippen molar-refractivity contribution in [3.05, 3.63) is 78.4 Å². The van der Waals surface area contributed by atoms with Crippen LogP contribution < -0.4 is 4.74 Å². The highest BCUT2D eigenvalue weighted by molar-refractivity contribution is 5.90. The molecule has 0 heterocycles. The normalized spacial score (nSPS) is 11.7. The third-order valence-corrected chi connectivity index (χ3v) is 4.05. The fourth-order valence-corrected chi connectivity index (χ4v) is 2.66. The number of hydrogen-bond acceptors (Lipinski definition) is 4.